The maximum atomic E-state index is 2.34. The summed E-state index contributed by atoms with van der Waals surface area (Å²) in [7, 11) is 0. The molecule has 7 rings (SSSR count). The van der Waals surface area contributed by atoms with Gasteiger partial charge in [-0.05, 0) is 55.6 Å². The largest absolute Gasteiger partial charge is 0.0725 e. The van der Waals surface area contributed by atoms with Gasteiger partial charge in [0.15, 0.2) is 0 Å². The van der Waals surface area contributed by atoms with Gasteiger partial charge >= 0.3 is 0 Å². The van der Waals surface area contributed by atoms with Gasteiger partial charge in [0, 0.05) is 0 Å². The van der Waals surface area contributed by atoms with Crippen LogP contribution in [0.1, 0.15) is 22.3 Å². The Morgan fingerprint density at radius 1 is 0.258 bits per heavy atom. The van der Waals surface area contributed by atoms with Gasteiger partial charge in [-0.2, -0.15) is 0 Å². The van der Waals surface area contributed by atoms with E-state index < -0.39 is 0 Å². The van der Waals surface area contributed by atoms with E-state index in [1.54, 1.807) is 0 Å². The van der Waals surface area contributed by atoms with Crippen LogP contribution in [0.4, 0.5) is 0 Å². The van der Waals surface area contributed by atoms with Crippen molar-refractivity contribution in [3.63, 3.8) is 0 Å². The highest BCUT2D eigenvalue weighted by molar-refractivity contribution is 5.96. The minimum atomic E-state index is -0.334. The molecule has 0 saturated carbocycles. The minimum absolute atomic E-state index is 0.334. The van der Waals surface area contributed by atoms with Crippen LogP contribution in [-0.2, 0) is 5.41 Å². The fraction of sp³-hybridized carbons (Fsp3) is 0.0323. The number of benzene rings is 5. The standard InChI is InChI=1S/C31H20/c1-2-12-22-21(11-1)23-13-3-7-17-27(23)31(28-18-8-4-14-24(22)28)29-19-9-5-15-25(29)26-16-6-10-20-30(26)31/h1-20H. The van der Waals surface area contributed by atoms with Crippen LogP contribution in [0.3, 0.4) is 0 Å². The molecule has 0 heteroatoms. The lowest BCUT2D eigenvalue weighted by Crippen LogP contribution is -2.29. The van der Waals surface area contributed by atoms with Crippen LogP contribution in [0.25, 0.3) is 33.4 Å². The van der Waals surface area contributed by atoms with Crippen LogP contribution in [0.2, 0.25) is 0 Å². The van der Waals surface area contributed by atoms with Gasteiger partial charge in [-0.25, -0.2) is 0 Å². The predicted molar refractivity (Wildman–Crippen MR) is 128 cm³/mol. The topological polar surface area (TPSA) is 0 Å². The minimum Gasteiger partial charge on any atom is -0.0619 e. The molecule has 0 atom stereocenters. The van der Waals surface area contributed by atoms with Gasteiger partial charge in [0.2, 0.25) is 0 Å². The van der Waals surface area contributed by atoms with Crippen molar-refractivity contribution < 1.29 is 0 Å². The van der Waals surface area contributed by atoms with Gasteiger partial charge in [0.1, 0.15) is 0 Å². The van der Waals surface area contributed by atoms with E-state index in [-0.39, 0.29) is 5.41 Å². The summed E-state index contributed by atoms with van der Waals surface area (Å²) in [5, 5.41) is 0. The second kappa shape index (κ2) is 6.06. The molecular weight excluding hydrogens is 372 g/mol. The smallest absolute Gasteiger partial charge is 0.0619 e. The van der Waals surface area contributed by atoms with Gasteiger partial charge in [0.05, 0.1) is 5.41 Å². The first-order chi connectivity index (χ1) is 15.4. The first-order valence-electron chi connectivity index (χ1n) is 10.9. The lowest BCUT2D eigenvalue weighted by molar-refractivity contribution is 0.775. The van der Waals surface area contributed by atoms with Crippen LogP contribution in [0.5, 0.6) is 0 Å². The molecule has 31 heavy (non-hydrogen) atoms. The van der Waals surface area contributed by atoms with Crippen molar-refractivity contribution in [1.29, 1.82) is 0 Å². The molecule has 2 aliphatic rings. The Balaban J connectivity index is 1.78. The lowest BCUT2D eigenvalue weighted by atomic mass is 9.66. The lowest BCUT2D eigenvalue weighted by Gasteiger charge is -2.35. The second-order valence-electron chi connectivity index (χ2n) is 8.48. The van der Waals surface area contributed by atoms with Crippen LogP contribution in [0, 0.1) is 0 Å². The highest BCUT2D eigenvalue weighted by Crippen LogP contribution is 2.61. The molecule has 0 N–H and O–H groups in total. The molecule has 0 radical (unpaired) electrons. The highest BCUT2D eigenvalue weighted by atomic mass is 14.5. The van der Waals surface area contributed by atoms with E-state index in [0.717, 1.165) is 0 Å². The molecule has 0 aliphatic heterocycles. The van der Waals surface area contributed by atoms with Crippen LogP contribution in [-0.4, -0.2) is 0 Å². The van der Waals surface area contributed by atoms with Crippen LogP contribution < -0.4 is 0 Å². The summed E-state index contributed by atoms with van der Waals surface area (Å²) in [4.78, 5) is 0. The molecule has 0 nitrogen and oxygen atoms in total. The zero-order valence-electron chi connectivity index (χ0n) is 17.0. The van der Waals surface area contributed by atoms with Gasteiger partial charge in [0.25, 0.3) is 0 Å². The van der Waals surface area contributed by atoms with Crippen molar-refractivity contribution in [3.05, 3.63) is 144 Å². The van der Waals surface area contributed by atoms with E-state index in [1.165, 1.54) is 55.6 Å². The first kappa shape index (κ1) is 16.8. The summed E-state index contributed by atoms with van der Waals surface area (Å²) in [5.41, 5.74) is 13.1. The van der Waals surface area contributed by atoms with Gasteiger partial charge in [-0.15, -0.1) is 0 Å². The molecule has 5 aromatic rings. The number of fused-ring (bicyclic) bond motifs is 12. The van der Waals surface area contributed by atoms with E-state index in [2.05, 4.69) is 121 Å². The van der Waals surface area contributed by atoms with E-state index in [0.29, 0.717) is 0 Å². The Morgan fingerprint density at radius 2 is 0.484 bits per heavy atom. The first-order valence-corrected chi connectivity index (χ1v) is 10.9. The maximum Gasteiger partial charge on any atom is 0.0725 e. The Labute approximate surface area is 182 Å². The molecule has 0 saturated heterocycles. The SMILES string of the molecule is c1ccc2c(c1)-c1ccccc1C1(c3ccccc3-2)c2ccccc2-c2ccccc21. The predicted octanol–water partition coefficient (Wildman–Crippen LogP) is 7.70. The molecule has 0 heterocycles. The molecule has 0 fully saturated rings. The zero-order chi connectivity index (χ0) is 20.4. The third-order valence-corrected chi connectivity index (χ3v) is 7.12. The van der Waals surface area contributed by atoms with Crippen LogP contribution in [0.15, 0.2) is 121 Å². The summed E-state index contributed by atoms with van der Waals surface area (Å²) < 4.78 is 0. The third-order valence-electron chi connectivity index (χ3n) is 7.12. The molecule has 2 aliphatic carbocycles. The van der Waals surface area contributed by atoms with E-state index >= 15 is 0 Å². The summed E-state index contributed by atoms with van der Waals surface area (Å²) in [6, 6.07) is 44.8. The normalized spacial score (nSPS) is 14.1. The molecular formula is C31H20. The summed E-state index contributed by atoms with van der Waals surface area (Å²) in [5.74, 6) is 0. The average molecular weight is 393 g/mol. The summed E-state index contributed by atoms with van der Waals surface area (Å²) in [6.45, 7) is 0. The van der Waals surface area contributed by atoms with Crippen LogP contribution >= 0.6 is 0 Å². The Morgan fingerprint density at radius 3 is 0.806 bits per heavy atom. The van der Waals surface area contributed by atoms with E-state index in [1.807, 2.05) is 0 Å². The van der Waals surface area contributed by atoms with E-state index in [4.69, 9.17) is 0 Å². The Hall–Kier alpha value is -3.90. The average Bonchev–Trinajstić information content (AvgIpc) is 3.09. The highest BCUT2D eigenvalue weighted by Gasteiger charge is 2.49. The maximum absolute atomic E-state index is 2.34. The van der Waals surface area contributed by atoms with Crippen molar-refractivity contribution in [2.75, 3.05) is 0 Å². The second-order valence-corrected chi connectivity index (χ2v) is 8.48. The number of rotatable bonds is 0. The van der Waals surface area contributed by atoms with Crippen molar-refractivity contribution in [1.82, 2.24) is 0 Å². The molecule has 144 valence electrons. The summed E-state index contributed by atoms with van der Waals surface area (Å²) in [6.07, 6.45) is 0. The van der Waals surface area contributed by atoms with Gasteiger partial charge < -0.3 is 0 Å². The van der Waals surface area contributed by atoms with Gasteiger partial charge in [-0.1, -0.05) is 121 Å². The molecule has 0 bridgehead atoms. The quantitative estimate of drug-likeness (QED) is 0.248. The molecule has 0 amide bonds. The Kier molecular flexibility index (Phi) is 3.29. The van der Waals surface area contributed by atoms with E-state index in [9.17, 15) is 0 Å². The van der Waals surface area contributed by atoms with Crippen molar-refractivity contribution in [2.45, 2.75) is 5.41 Å². The van der Waals surface area contributed by atoms with Gasteiger partial charge in [-0.3, -0.25) is 0 Å². The molecule has 0 unspecified atom stereocenters. The van der Waals surface area contributed by atoms with Crippen molar-refractivity contribution in [3.8, 4) is 33.4 Å². The fourth-order valence-electron chi connectivity index (χ4n) is 6.00. The summed E-state index contributed by atoms with van der Waals surface area (Å²) >= 11 is 0. The fourth-order valence-corrected chi connectivity index (χ4v) is 6.00. The number of hydrogen-bond acceptors (Lipinski definition) is 0. The molecule has 1 spiro atoms. The third kappa shape index (κ3) is 2.00. The van der Waals surface area contributed by atoms with Crippen molar-refractivity contribution >= 4 is 0 Å². The molecule has 5 aromatic carbocycles. The number of hydrogen-bond donors (Lipinski definition) is 0. The van der Waals surface area contributed by atoms with Crippen molar-refractivity contribution in [2.24, 2.45) is 0 Å². The zero-order valence-corrected chi connectivity index (χ0v) is 17.0. The Bertz CT molecular complexity index is 1370. The monoisotopic (exact) mass is 392 g/mol. The molecule has 0 aromatic heterocycles.